The summed E-state index contributed by atoms with van der Waals surface area (Å²) in [6.45, 7) is 2.11. The first kappa shape index (κ1) is 14.9. The van der Waals surface area contributed by atoms with Gasteiger partial charge in [-0.2, -0.15) is 12.7 Å². The van der Waals surface area contributed by atoms with Gasteiger partial charge >= 0.3 is 10.3 Å². The molecule has 4 nitrogen and oxygen atoms in total. The molecule has 0 aromatic heterocycles. The van der Waals surface area contributed by atoms with Crippen LogP contribution in [-0.4, -0.2) is 25.4 Å². The Balaban J connectivity index is 1.97. The molecule has 1 saturated heterocycles. The van der Waals surface area contributed by atoms with E-state index in [-0.39, 0.29) is 18.7 Å². The van der Waals surface area contributed by atoms with Crippen LogP contribution in [0.15, 0.2) is 48.5 Å². The van der Waals surface area contributed by atoms with Crippen molar-refractivity contribution in [2.75, 3.05) is 6.61 Å². The number of nitrogens with zero attached hydrogens (tertiary/aromatic N) is 1. The third-order valence-electron chi connectivity index (χ3n) is 4.77. The van der Waals surface area contributed by atoms with E-state index < -0.39 is 10.3 Å². The van der Waals surface area contributed by atoms with Crippen LogP contribution in [0.2, 0.25) is 0 Å². The summed E-state index contributed by atoms with van der Waals surface area (Å²) < 4.78 is 31.6. The fourth-order valence-electron chi connectivity index (χ4n) is 3.69. The van der Waals surface area contributed by atoms with Gasteiger partial charge in [-0.1, -0.05) is 48.5 Å². The highest BCUT2D eigenvalue weighted by molar-refractivity contribution is 7.84. The van der Waals surface area contributed by atoms with Gasteiger partial charge in [0.05, 0.1) is 18.7 Å². The molecule has 0 spiro atoms. The number of hydrogen-bond acceptors (Lipinski definition) is 3. The standard InChI is InChI=1S/C18H19NO3S/c1-13-12-22-23(20,21)19(13)18-16-8-4-2-6-14(16)10-11-15-7-3-5-9-17(15)18/h2-9,13,18H,10-12H2,1H3/t13-/m0/s1. The first-order valence-electron chi connectivity index (χ1n) is 7.91. The van der Waals surface area contributed by atoms with Crippen molar-refractivity contribution in [2.24, 2.45) is 0 Å². The predicted molar refractivity (Wildman–Crippen MR) is 88.3 cm³/mol. The summed E-state index contributed by atoms with van der Waals surface area (Å²) in [6.07, 6.45) is 1.85. The van der Waals surface area contributed by atoms with E-state index >= 15 is 0 Å². The highest BCUT2D eigenvalue weighted by Crippen LogP contribution is 2.41. The smallest absolute Gasteiger partial charge is 0.256 e. The van der Waals surface area contributed by atoms with Crippen LogP contribution in [0.3, 0.4) is 0 Å². The number of fused-ring (bicyclic) bond motifs is 2. The maximum atomic E-state index is 12.5. The molecule has 1 aliphatic heterocycles. The lowest BCUT2D eigenvalue weighted by Gasteiger charge is -2.30. The van der Waals surface area contributed by atoms with Gasteiger partial charge in [-0.3, -0.25) is 4.18 Å². The van der Waals surface area contributed by atoms with Crippen molar-refractivity contribution in [3.8, 4) is 0 Å². The lowest BCUT2D eigenvalue weighted by molar-refractivity contribution is 0.302. The summed E-state index contributed by atoms with van der Waals surface area (Å²) in [7, 11) is -3.70. The predicted octanol–water partition coefficient (Wildman–Crippen LogP) is 2.84. The molecule has 23 heavy (non-hydrogen) atoms. The van der Waals surface area contributed by atoms with Gasteiger partial charge in [0, 0.05) is 0 Å². The topological polar surface area (TPSA) is 46.6 Å². The Bertz CT molecular complexity index is 799. The Morgan fingerprint density at radius 2 is 1.48 bits per heavy atom. The minimum atomic E-state index is -3.70. The van der Waals surface area contributed by atoms with E-state index in [9.17, 15) is 8.42 Å². The normalized spacial score (nSPS) is 24.0. The third-order valence-corrected chi connectivity index (χ3v) is 6.29. The minimum absolute atomic E-state index is 0.177. The van der Waals surface area contributed by atoms with Crippen molar-refractivity contribution >= 4 is 10.3 Å². The fourth-order valence-corrected chi connectivity index (χ4v) is 5.17. The van der Waals surface area contributed by atoms with Gasteiger partial charge in [0.25, 0.3) is 0 Å². The second-order valence-corrected chi connectivity index (χ2v) is 7.73. The monoisotopic (exact) mass is 329 g/mol. The Hall–Kier alpha value is -1.69. The maximum Gasteiger partial charge on any atom is 0.339 e. The molecule has 5 heteroatoms. The Morgan fingerprint density at radius 3 is 1.96 bits per heavy atom. The van der Waals surface area contributed by atoms with Crippen LogP contribution in [0.25, 0.3) is 0 Å². The average molecular weight is 329 g/mol. The largest absolute Gasteiger partial charge is 0.339 e. The number of rotatable bonds is 1. The van der Waals surface area contributed by atoms with Crippen molar-refractivity contribution in [3.63, 3.8) is 0 Å². The molecule has 0 unspecified atom stereocenters. The van der Waals surface area contributed by atoms with Gasteiger partial charge in [0.15, 0.2) is 0 Å². The summed E-state index contributed by atoms with van der Waals surface area (Å²) in [6, 6.07) is 15.8. The van der Waals surface area contributed by atoms with E-state index in [1.807, 2.05) is 43.3 Å². The van der Waals surface area contributed by atoms with Crippen LogP contribution in [0.5, 0.6) is 0 Å². The zero-order valence-electron chi connectivity index (χ0n) is 13.0. The van der Waals surface area contributed by atoms with Crippen LogP contribution >= 0.6 is 0 Å². The lowest BCUT2D eigenvalue weighted by atomic mass is 9.94. The minimum Gasteiger partial charge on any atom is -0.256 e. The molecular weight excluding hydrogens is 310 g/mol. The zero-order chi connectivity index (χ0) is 16.0. The van der Waals surface area contributed by atoms with Crippen LogP contribution < -0.4 is 0 Å². The highest BCUT2D eigenvalue weighted by atomic mass is 32.2. The third kappa shape index (κ3) is 2.40. The highest BCUT2D eigenvalue weighted by Gasteiger charge is 2.44. The van der Waals surface area contributed by atoms with Crippen molar-refractivity contribution in [2.45, 2.75) is 31.8 Å². The molecule has 1 atom stereocenters. The molecule has 1 fully saturated rings. The van der Waals surface area contributed by atoms with Gasteiger partial charge in [0.1, 0.15) is 0 Å². The Kier molecular flexibility index (Phi) is 3.52. The quantitative estimate of drug-likeness (QED) is 0.808. The number of benzene rings is 2. The van der Waals surface area contributed by atoms with Crippen LogP contribution in [0.1, 0.15) is 35.2 Å². The van der Waals surface area contributed by atoms with Gasteiger partial charge in [-0.25, -0.2) is 0 Å². The first-order valence-corrected chi connectivity index (χ1v) is 9.28. The summed E-state index contributed by atoms with van der Waals surface area (Å²) in [5.41, 5.74) is 4.56. The van der Waals surface area contributed by atoms with Gasteiger partial charge < -0.3 is 0 Å². The van der Waals surface area contributed by atoms with Crippen LogP contribution in [-0.2, 0) is 27.3 Å². The molecule has 4 rings (SSSR count). The molecule has 2 aliphatic rings. The molecule has 1 heterocycles. The van der Waals surface area contributed by atoms with Crippen molar-refractivity contribution in [1.29, 1.82) is 0 Å². The molecule has 2 aromatic rings. The van der Waals surface area contributed by atoms with Gasteiger partial charge in [-0.15, -0.1) is 0 Å². The second kappa shape index (κ2) is 5.44. The lowest BCUT2D eigenvalue weighted by Crippen LogP contribution is -2.36. The van der Waals surface area contributed by atoms with Crippen molar-refractivity contribution in [3.05, 3.63) is 70.8 Å². The summed E-state index contributed by atoms with van der Waals surface area (Å²) in [5, 5.41) is 0. The van der Waals surface area contributed by atoms with Gasteiger partial charge in [0.2, 0.25) is 0 Å². The zero-order valence-corrected chi connectivity index (χ0v) is 13.8. The first-order chi connectivity index (χ1) is 11.1. The SMILES string of the molecule is C[C@H]1COS(=O)(=O)N1C1c2ccccc2CCc2ccccc21. The van der Waals surface area contributed by atoms with E-state index in [1.54, 1.807) is 0 Å². The van der Waals surface area contributed by atoms with E-state index in [0.717, 1.165) is 24.0 Å². The molecule has 1 aliphatic carbocycles. The average Bonchev–Trinajstić information content (AvgIpc) is 2.73. The molecule has 0 radical (unpaired) electrons. The molecule has 0 saturated carbocycles. The van der Waals surface area contributed by atoms with E-state index in [1.165, 1.54) is 15.4 Å². The molecule has 0 bridgehead atoms. The summed E-state index contributed by atoms with van der Waals surface area (Å²) in [5.74, 6) is 0. The maximum absolute atomic E-state index is 12.5. The summed E-state index contributed by atoms with van der Waals surface area (Å²) in [4.78, 5) is 0. The van der Waals surface area contributed by atoms with E-state index in [4.69, 9.17) is 4.18 Å². The Morgan fingerprint density at radius 1 is 0.957 bits per heavy atom. The van der Waals surface area contributed by atoms with Crippen molar-refractivity contribution < 1.29 is 12.6 Å². The molecule has 120 valence electrons. The molecular formula is C18H19NO3S. The van der Waals surface area contributed by atoms with Gasteiger partial charge in [-0.05, 0) is 42.0 Å². The molecule has 0 N–H and O–H groups in total. The van der Waals surface area contributed by atoms with Crippen molar-refractivity contribution in [1.82, 2.24) is 4.31 Å². The Labute approximate surface area is 137 Å². The fraction of sp³-hybridized carbons (Fsp3) is 0.333. The number of hydrogen-bond donors (Lipinski definition) is 0. The van der Waals surface area contributed by atoms with E-state index in [0.29, 0.717) is 0 Å². The number of aryl methyl sites for hydroxylation is 2. The molecule has 0 amide bonds. The summed E-state index contributed by atoms with van der Waals surface area (Å²) >= 11 is 0. The molecule has 2 aromatic carbocycles. The van der Waals surface area contributed by atoms with Crippen LogP contribution in [0.4, 0.5) is 0 Å². The second-order valence-electron chi connectivity index (χ2n) is 6.22. The van der Waals surface area contributed by atoms with Crippen LogP contribution in [0, 0.1) is 0 Å². The van der Waals surface area contributed by atoms with E-state index in [2.05, 4.69) is 12.1 Å².